The lowest BCUT2D eigenvalue weighted by Crippen LogP contribution is -2.19. The molecule has 18 heavy (non-hydrogen) atoms. The average molecular weight is 250 g/mol. The van der Waals surface area contributed by atoms with E-state index in [2.05, 4.69) is 20.6 Å². The van der Waals surface area contributed by atoms with E-state index in [-0.39, 0.29) is 18.8 Å². The van der Waals surface area contributed by atoms with Gasteiger partial charge in [0.1, 0.15) is 6.54 Å². The Labute approximate surface area is 102 Å². The molecule has 0 aliphatic carbocycles. The molecule has 0 aliphatic heterocycles. The van der Waals surface area contributed by atoms with Crippen LogP contribution in [0.15, 0.2) is 24.7 Å². The zero-order valence-electron chi connectivity index (χ0n) is 9.38. The van der Waals surface area contributed by atoms with E-state index in [4.69, 9.17) is 5.73 Å². The van der Waals surface area contributed by atoms with Crippen molar-refractivity contribution in [2.75, 3.05) is 5.32 Å². The topological polar surface area (TPSA) is 98.7 Å². The Morgan fingerprint density at radius 1 is 1.56 bits per heavy atom. The first-order chi connectivity index (χ1) is 8.69. The molecule has 1 amide bonds. The van der Waals surface area contributed by atoms with Crippen LogP contribution in [0.4, 0.5) is 10.1 Å². The van der Waals surface area contributed by atoms with Crippen molar-refractivity contribution in [2.24, 2.45) is 5.73 Å². The minimum Gasteiger partial charge on any atom is -0.325 e. The van der Waals surface area contributed by atoms with Crippen LogP contribution in [0.5, 0.6) is 0 Å². The minimum absolute atomic E-state index is 0.0608. The lowest BCUT2D eigenvalue weighted by molar-refractivity contribution is -0.116. The van der Waals surface area contributed by atoms with E-state index in [1.54, 1.807) is 6.20 Å². The number of anilines is 1. The third kappa shape index (κ3) is 2.86. The van der Waals surface area contributed by atoms with Gasteiger partial charge in [-0.15, -0.1) is 5.10 Å². The molecule has 0 atom stereocenters. The van der Waals surface area contributed by atoms with Gasteiger partial charge in [-0.2, -0.15) is 0 Å². The highest BCUT2D eigenvalue weighted by molar-refractivity contribution is 5.90. The van der Waals surface area contributed by atoms with Crippen molar-refractivity contribution in [2.45, 2.75) is 13.1 Å². The summed E-state index contributed by atoms with van der Waals surface area (Å²) in [6, 6.07) is 1.37. The van der Waals surface area contributed by atoms with Crippen molar-refractivity contribution >= 4 is 11.6 Å². The number of nitrogens with one attached hydrogen (secondary N) is 1. The van der Waals surface area contributed by atoms with Crippen molar-refractivity contribution in [3.05, 3.63) is 36.2 Å². The molecule has 0 aromatic carbocycles. The van der Waals surface area contributed by atoms with E-state index in [1.807, 2.05) is 0 Å². The van der Waals surface area contributed by atoms with Gasteiger partial charge in [0, 0.05) is 12.7 Å². The van der Waals surface area contributed by atoms with Crippen LogP contribution in [-0.2, 0) is 17.9 Å². The zero-order chi connectivity index (χ0) is 13.0. The number of carbonyl (C=O) groups excluding carboxylic acids is 1. The average Bonchev–Trinajstić information content (AvgIpc) is 2.80. The van der Waals surface area contributed by atoms with Gasteiger partial charge in [-0.1, -0.05) is 5.21 Å². The number of hydrogen-bond acceptors (Lipinski definition) is 5. The molecule has 2 aromatic heterocycles. The van der Waals surface area contributed by atoms with Crippen LogP contribution in [0.2, 0.25) is 0 Å². The fraction of sp³-hybridized carbons (Fsp3) is 0.200. The van der Waals surface area contributed by atoms with Crippen LogP contribution in [0.25, 0.3) is 0 Å². The minimum atomic E-state index is -0.591. The smallest absolute Gasteiger partial charge is 0.246 e. The van der Waals surface area contributed by atoms with Crippen molar-refractivity contribution < 1.29 is 9.18 Å². The van der Waals surface area contributed by atoms with E-state index < -0.39 is 11.7 Å². The summed E-state index contributed by atoms with van der Waals surface area (Å²) < 4.78 is 14.5. The van der Waals surface area contributed by atoms with E-state index in [0.717, 1.165) is 6.20 Å². The van der Waals surface area contributed by atoms with Crippen LogP contribution in [0.1, 0.15) is 5.69 Å². The SMILES string of the molecule is NCc1cn(CC(=O)Nc2ccncc2F)nn1. The standard InChI is InChI=1S/C10H11FN6O/c11-8-4-13-2-1-9(8)14-10(18)6-17-5-7(3-12)15-16-17/h1-2,4-5H,3,6,12H2,(H,13,14,18). The summed E-state index contributed by atoms with van der Waals surface area (Å²) in [4.78, 5) is 15.2. The van der Waals surface area contributed by atoms with Crippen LogP contribution in [-0.4, -0.2) is 25.9 Å². The fourth-order valence-corrected chi connectivity index (χ4v) is 1.32. The molecular formula is C10H11FN6O. The second-order valence-electron chi connectivity index (χ2n) is 3.52. The maximum Gasteiger partial charge on any atom is 0.246 e. The molecule has 0 radical (unpaired) electrons. The Bertz CT molecular complexity index is 555. The van der Waals surface area contributed by atoms with Gasteiger partial charge < -0.3 is 11.1 Å². The Balaban J connectivity index is 1.99. The molecule has 94 valence electrons. The molecular weight excluding hydrogens is 239 g/mol. The molecule has 3 N–H and O–H groups in total. The highest BCUT2D eigenvalue weighted by Crippen LogP contribution is 2.10. The Morgan fingerprint density at radius 2 is 2.39 bits per heavy atom. The molecule has 0 spiro atoms. The van der Waals surface area contributed by atoms with E-state index in [1.165, 1.54) is 16.9 Å². The largest absolute Gasteiger partial charge is 0.325 e. The van der Waals surface area contributed by atoms with Gasteiger partial charge in [-0.05, 0) is 6.07 Å². The number of amides is 1. The number of pyridine rings is 1. The number of halogens is 1. The number of aromatic nitrogens is 4. The normalized spacial score (nSPS) is 10.3. The van der Waals surface area contributed by atoms with E-state index >= 15 is 0 Å². The lowest BCUT2D eigenvalue weighted by atomic mass is 10.4. The highest BCUT2D eigenvalue weighted by Gasteiger charge is 2.08. The van der Waals surface area contributed by atoms with Crippen molar-refractivity contribution in [3.63, 3.8) is 0 Å². The fourth-order valence-electron chi connectivity index (χ4n) is 1.32. The van der Waals surface area contributed by atoms with E-state index in [0.29, 0.717) is 5.69 Å². The molecule has 7 nitrogen and oxygen atoms in total. The first-order valence-corrected chi connectivity index (χ1v) is 5.17. The Kier molecular flexibility index (Phi) is 3.58. The second kappa shape index (κ2) is 5.32. The van der Waals surface area contributed by atoms with Crippen LogP contribution in [0, 0.1) is 5.82 Å². The number of rotatable bonds is 4. The predicted molar refractivity (Wildman–Crippen MR) is 60.7 cm³/mol. The van der Waals surface area contributed by atoms with Gasteiger partial charge in [0.25, 0.3) is 0 Å². The first-order valence-electron chi connectivity index (χ1n) is 5.17. The maximum atomic E-state index is 13.2. The predicted octanol–water partition coefficient (Wildman–Crippen LogP) is -0.0904. The van der Waals surface area contributed by atoms with Gasteiger partial charge in [-0.25, -0.2) is 9.07 Å². The van der Waals surface area contributed by atoms with Crippen LogP contribution < -0.4 is 11.1 Å². The van der Waals surface area contributed by atoms with Gasteiger partial charge in [0.15, 0.2) is 5.82 Å². The van der Waals surface area contributed by atoms with Crippen molar-refractivity contribution in [1.82, 2.24) is 20.0 Å². The zero-order valence-corrected chi connectivity index (χ0v) is 9.38. The molecule has 0 unspecified atom stereocenters. The van der Waals surface area contributed by atoms with Gasteiger partial charge in [0.2, 0.25) is 5.91 Å². The molecule has 0 bridgehead atoms. The summed E-state index contributed by atoms with van der Waals surface area (Å²) >= 11 is 0. The molecule has 0 saturated carbocycles. The molecule has 0 fully saturated rings. The monoisotopic (exact) mass is 250 g/mol. The molecule has 2 aromatic rings. The van der Waals surface area contributed by atoms with E-state index in [9.17, 15) is 9.18 Å². The third-order valence-electron chi connectivity index (χ3n) is 2.15. The molecule has 0 aliphatic rings. The molecule has 0 saturated heterocycles. The second-order valence-corrected chi connectivity index (χ2v) is 3.52. The van der Waals surface area contributed by atoms with Crippen molar-refractivity contribution in [3.8, 4) is 0 Å². The highest BCUT2D eigenvalue weighted by atomic mass is 19.1. The molecule has 2 rings (SSSR count). The number of nitrogens with two attached hydrogens (primary N) is 1. The Hall–Kier alpha value is -2.35. The van der Waals surface area contributed by atoms with Crippen LogP contribution in [0.3, 0.4) is 0 Å². The summed E-state index contributed by atoms with van der Waals surface area (Å²) in [5, 5.41) is 9.86. The number of hydrogen-bond donors (Lipinski definition) is 2. The third-order valence-corrected chi connectivity index (χ3v) is 2.15. The quantitative estimate of drug-likeness (QED) is 0.790. The number of carbonyl (C=O) groups is 1. The summed E-state index contributed by atoms with van der Waals surface area (Å²) in [5.74, 6) is -0.999. The first kappa shape index (κ1) is 12.1. The summed E-state index contributed by atoms with van der Waals surface area (Å²) in [7, 11) is 0. The van der Waals surface area contributed by atoms with Crippen molar-refractivity contribution in [1.29, 1.82) is 0 Å². The molecule has 2 heterocycles. The van der Waals surface area contributed by atoms with Gasteiger partial charge >= 0.3 is 0 Å². The Morgan fingerprint density at radius 3 is 3.06 bits per heavy atom. The van der Waals surface area contributed by atoms with Gasteiger partial charge in [0.05, 0.1) is 23.8 Å². The number of nitrogens with zero attached hydrogens (tertiary/aromatic N) is 4. The molecule has 8 heteroatoms. The lowest BCUT2D eigenvalue weighted by Gasteiger charge is -2.05. The maximum absolute atomic E-state index is 13.2. The van der Waals surface area contributed by atoms with Gasteiger partial charge in [-0.3, -0.25) is 9.78 Å². The summed E-state index contributed by atoms with van der Waals surface area (Å²) in [6.45, 7) is 0.190. The summed E-state index contributed by atoms with van der Waals surface area (Å²) in [5.41, 5.74) is 6.02. The summed E-state index contributed by atoms with van der Waals surface area (Å²) in [6.07, 6.45) is 3.97. The van der Waals surface area contributed by atoms with Crippen LogP contribution >= 0.6 is 0 Å².